The van der Waals surface area contributed by atoms with E-state index in [2.05, 4.69) is 38.0 Å². The van der Waals surface area contributed by atoms with Gasteiger partial charge >= 0.3 is 0 Å². The van der Waals surface area contributed by atoms with Gasteiger partial charge in [0.1, 0.15) is 48.9 Å². The Morgan fingerprint density at radius 1 is 0.670 bits per heavy atom. The second-order valence-corrected chi connectivity index (χ2v) is 36.2. The molecule has 0 saturated carbocycles. The Morgan fingerprint density at radius 2 is 1.25 bits per heavy atom. The lowest BCUT2D eigenvalue weighted by atomic mass is 10.0. The molecular formula is C64H103N12O18P3S3. The summed E-state index contributed by atoms with van der Waals surface area (Å²) < 4.78 is 38.6. The molecule has 14 N–H and O–H groups in total. The summed E-state index contributed by atoms with van der Waals surface area (Å²) in [7, 11) is -11.9. The number of amides is 9. The van der Waals surface area contributed by atoms with Gasteiger partial charge in [0.2, 0.25) is 75.3 Å². The predicted molar refractivity (Wildman–Crippen MR) is 385 cm³/mol. The number of rotatable bonds is 27. The van der Waals surface area contributed by atoms with Crippen LogP contribution >= 0.6 is 57.4 Å². The summed E-state index contributed by atoms with van der Waals surface area (Å²) in [5.74, 6) is -3.13. The first kappa shape index (κ1) is 84.0. The number of hydrogen-bond acceptors (Lipinski definition) is 21. The topological polar surface area (TPSA) is 441 Å². The van der Waals surface area contributed by atoms with Crippen LogP contribution in [0.3, 0.4) is 0 Å². The van der Waals surface area contributed by atoms with Crippen LogP contribution in [-0.4, -0.2) is 270 Å². The molecule has 9 amide bonds. The van der Waals surface area contributed by atoms with Crippen LogP contribution in [-0.2, 0) is 80.5 Å². The second kappa shape index (κ2) is 42.1. The number of aliphatic hydroxyl groups is 3. The Kier molecular flexibility index (Phi) is 35.4. The molecule has 2 aromatic rings. The SMILES string of the molecule is CCCCCC(=O)N[C@H]1CSCc2cc(CSCCNC(=O)CCP(=O)(O)CN3CCN(CP(=O)(O)CO)CCN(CP(=O)(O)CO)CC3)cc(c2)CSCCNC(=O)[C@H](Cc2ccccc2)NC(=O)[C@H](CCC(N)=O)NC(=O)[C@H]([C@@H](C)O)NC(=O)[C@@H]2CCCN2C(=O)[C@@H]2CCCN2C1=O. The molecule has 0 radical (unpaired) electrons. The fourth-order valence-electron chi connectivity index (χ4n) is 12.2. The molecule has 2 aromatic carbocycles. The van der Waals surface area contributed by atoms with E-state index in [-0.39, 0.29) is 147 Å². The lowest BCUT2D eigenvalue weighted by molar-refractivity contribution is -0.148. The third-order valence-electron chi connectivity index (χ3n) is 17.5. The van der Waals surface area contributed by atoms with Crippen molar-refractivity contribution in [2.45, 2.75) is 151 Å². The molecule has 4 aliphatic rings. The third kappa shape index (κ3) is 28.9. The highest BCUT2D eigenvalue weighted by Gasteiger charge is 2.45. The van der Waals surface area contributed by atoms with Gasteiger partial charge in [0.15, 0.2) is 0 Å². The predicted octanol–water partition coefficient (Wildman–Crippen LogP) is 0.916. The molecule has 0 aromatic heterocycles. The van der Waals surface area contributed by atoms with Gasteiger partial charge in [0.25, 0.3) is 0 Å². The van der Waals surface area contributed by atoms with Gasteiger partial charge in [0.05, 0.1) is 25.0 Å². The van der Waals surface area contributed by atoms with E-state index in [9.17, 15) is 86.8 Å². The molecule has 2 bridgehead atoms. The maximum atomic E-state index is 14.8. The zero-order valence-corrected chi connectivity index (χ0v) is 62.3. The average Bonchev–Trinajstić information content (AvgIpc) is 1.64. The van der Waals surface area contributed by atoms with Gasteiger partial charge in [0, 0.05) is 132 Å². The maximum absolute atomic E-state index is 14.8. The molecule has 100 heavy (non-hydrogen) atoms. The van der Waals surface area contributed by atoms with E-state index in [4.69, 9.17) is 5.73 Å². The van der Waals surface area contributed by atoms with Gasteiger partial charge in [-0.1, -0.05) is 68.3 Å². The summed E-state index contributed by atoms with van der Waals surface area (Å²) in [4.78, 5) is 164. The van der Waals surface area contributed by atoms with Crippen molar-refractivity contribution >= 4 is 111 Å². The number of unbranched alkanes of at least 4 members (excludes halogenated alkanes) is 2. The van der Waals surface area contributed by atoms with Gasteiger partial charge in [-0.25, -0.2) is 0 Å². The number of aliphatic hydroxyl groups excluding tert-OH is 3. The number of carbonyl (C=O) groups is 9. The molecule has 0 aliphatic carbocycles. The Bertz CT molecular complexity index is 3190. The van der Waals surface area contributed by atoms with Crippen LogP contribution in [0.15, 0.2) is 48.5 Å². The highest BCUT2D eigenvalue weighted by atomic mass is 32.2. The molecule has 560 valence electrons. The molecule has 4 heterocycles. The lowest BCUT2D eigenvalue weighted by Gasteiger charge is -2.33. The molecule has 3 saturated heterocycles. The first-order chi connectivity index (χ1) is 47.6. The van der Waals surface area contributed by atoms with Gasteiger partial charge in [-0.3, -0.25) is 71.5 Å². The van der Waals surface area contributed by atoms with E-state index in [1.165, 1.54) is 52.0 Å². The molecule has 30 nitrogen and oxygen atoms in total. The summed E-state index contributed by atoms with van der Waals surface area (Å²) in [6.45, 7) is 5.17. The van der Waals surface area contributed by atoms with Crippen LogP contribution < -0.4 is 37.6 Å². The van der Waals surface area contributed by atoms with E-state index in [1.54, 1.807) is 45.0 Å². The highest BCUT2D eigenvalue weighted by molar-refractivity contribution is 7.99. The van der Waals surface area contributed by atoms with Crippen molar-refractivity contribution < 1.29 is 86.8 Å². The summed E-state index contributed by atoms with van der Waals surface area (Å²) in [6.07, 6.45) is -1.86. The van der Waals surface area contributed by atoms with E-state index in [0.29, 0.717) is 53.6 Å². The normalized spacial score (nSPS) is 24.3. The number of nitrogens with zero attached hydrogens (tertiary/aromatic N) is 5. The number of fused-ring (bicyclic) bond motifs is 4. The van der Waals surface area contributed by atoms with Crippen molar-refractivity contribution in [3.63, 3.8) is 0 Å². The van der Waals surface area contributed by atoms with Crippen LogP contribution in [0, 0.1) is 0 Å². The van der Waals surface area contributed by atoms with Gasteiger partial charge in [-0.2, -0.15) is 35.3 Å². The van der Waals surface area contributed by atoms with Crippen molar-refractivity contribution in [2.24, 2.45) is 5.73 Å². The molecule has 0 spiro atoms. The van der Waals surface area contributed by atoms with Crippen LogP contribution in [0.4, 0.5) is 0 Å². The van der Waals surface area contributed by atoms with Crippen molar-refractivity contribution in [1.82, 2.24) is 56.4 Å². The largest absolute Gasteiger partial charge is 0.391 e. The zero-order chi connectivity index (χ0) is 73.0. The summed E-state index contributed by atoms with van der Waals surface area (Å²) >= 11 is 4.50. The number of nitrogens with two attached hydrogens (primary N) is 1. The van der Waals surface area contributed by atoms with Crippen molar-refractivity contribution in [3.05, 3.63) is 70.8 Å². The quantitative estimate of drug-likeness (QED) is 0.0437. The Hall–Kier alpha value is -4.95. The standard InChI is InChI=1S/C64H103N12O18P3S3/c1-3-4-6-15-57(82)68-52-39-100-38-49-33-47(36-98-30-19-66-56(81)18-29-95(89,90)40-72-23-25-73(41-96(91,92)43-77)27-28-74(26-24-72)42-97(93,94)44-78)32-48(34-49)37-99-31-20-67-59(83)51(35-46-11-7-5-8-12-46)70-60(84)50(16-17-55(65)80)69-62(86)58(45(2)79)71-61(85)53-13-9-21-75(53)64(88)54-14-10-22-76(54)63(52)87/h5,7-8,11-12,32-34,45,50-54,58,77-79H,3-4,6,9-10,13-31,35-44H2,1-2H3,(H2,65,80)(H,66,81)(H,67,83)(H,68,82)(H,69,86)(H,70,84)(H,71,85)(H,89,90)(H,91,92)(H,93,94)/t45-,50+,51+,52+,53+,54+,58+/m1/s1. The minimum Gasteiger partial charge on any atom is -0.391 e. The van der Waals surface area contributed by atoms with Crippen LogP contribution in [0.2, 0.25) is 0 Å². The average molecular weight is 1520 g/mol. The number of benzene rings is 2. The monoisotopic (exact) mass is 1520 g/mol. The number of hydrogen-bond donors (Lipinski definition) is 13. The van der Waals surface area contributed by atoms with E-state index in [1.807, 2.05) is 19.1 Å². The van der Waals surface area contributed by atoms with Crippen molar-refractivity contribution in [3.8, 4) is 0 Å². The molecular weight excluding hydrogens is 1410 g/mol. The summed E-state index contributed by atoms with van der Waals surface area (Å²) in [6, 6.07) is 7.66. The maximum Gasteiger partial charge on any atom is 0.246 e. The summed E-state index contributed by atoms with van der Waals surface area (Å²) in [5.41, 5.74) is 9.01. The van der Waals surface area contributed by atoms with Gasteiger partial charge in [-0.05, 0) is 67.7 Å². The number of nitrogens with one attached hydrogen (secondary N) is 6. The zero-order valence-electron chi connectivity index (χ0n) is 57.2. The van der Waals surface area contributed by atoms with E-state index in [0.717, 1.165) is 29.5 Å². The van der Waals surface area contributed by atoms with Gasteiger partial charge in [-0.15, -0.1) is 0 Å². The Balaban J connectivity index is 1.18. The van der Waals surface area contributed by atoms with Crippen LogP contribution in [0.25, 0.3) is 0 Å². The summed E-state index contributed by atoms with van der Waals surface area (Å²) in [5, 5.41) is 46.5. The fraction of sp³-hybridized carbons (Fsp3) is 0.672. The smallest absolute Gasteiger partial charge is 0.246 e. The van der Waals surface area contributed by atoms with Crippen LogP contribution in [0.1, 0.15) is 107 Å². The van der Waals surface area contributed by atoms with Crippen molar-refractivity contribution in [1.29, 1.82) is 0 Å². The second-order valence-electron chi connectivity index (χ2n) is 26.0. The van der Waals surface area contributed by atoms with E-state index >= 15 is 0 Å². The minimum absolute atomic E-state index is 0.0412. The molecule has 36 heteroatoms. The fourth-order valence-corrected chi connectivity index (χ4v) is 18.4. The minimum atomic E-state index is -3.98. The van der Waals surface area contributed by atoms with Crippen LogP contribution in [0.5, 0.6) is 0 Å². The third-order valence-corrected chi connectivity index (χ3v) is 25.0. The van der Waals surface area contributed by atoms with Gasteiger partial charge < -0.3 is 77.4 Å². The Morgan fingerprint density at radius 3 is 1.84 bits per heavy atom. The molecule has 6 rings (SSSR count). The molecule has 3 unspecified atom stereocenters. The highest BCUT2D eigenvalue weighted by Crippen LogP contribution is 2.43. The Labute approximate surface area is 598 Å². The first-order valence-corrected chi connectivity index (χ1v) is 43.7. The number of thioether (sulfide) groups is 3. The van der Waals surface area contributed by atoms with E-state index < -0.39 is 124 Å². The van der Waals surface area contributed by atoms with Crippen molar-refractivity contribution in [2.75, 3.05) is 120 Å². The lowest BCUT2D eigenvalue weighted by Crippen LogP contribution is -2.61. The number of primary amides is 1. The molecule has 10 atom stereocenters. The molecule has 3 fully saturated rings. The number of carbonyl (C=O) groups excluding carboxylic acids is 9. The first-order valence-electron chi connectivity index (χ1n) is 34.1. The molecule has 4 aliphatic heterocycles.